The lowest BCUT2D eigenvalue weighted by molar-refractivity contribution is -0.169. The van der Waals surface area contributed by atoms with Gasteiger partial charge >= 0.3 is 5.97 Å². The van der Waals surface area contributed by atoms with Crippen molar-refractivity contribution in [2.45, 2.75) is 56.4 Å². The van der Waals surface area contributed by atoms with Crippen molar-refractivity contribution in [3.63, 3.8) is 0 Å². The van der Waals surface area contributed by atoms with E-state index in [4.69, 9.17) is 4.74 Å². The summed E-state index contributed by atoms with van der Waals surface area (Å²) in [4.78, 5) is 15.0. The number of carbonyl (C=O) groups excluding carboxylic acids is 1. The molecule has 0 radical (unpaired) electrons. The van der Waals surface area contributed by atoms with Gasteiger partial charge in [0.2, 0.25) is 5.60 Å². The summed E-state index contributed by atoms with van der Waals surface area (Å²) in [6, 6.07) is 9.75. The van der Waals surface area contributed by atoms with Gasteiger partial charge in [0, 0.05) is 17.6 Å². The van der Waals surface area contributed by atoms with E-state index >= 15 is 0 Å². The van der Waals surface area contributed by atoms with Crippen LogP contribution in [0.5, 0.6) is 0 Å². The van der Waals surface area contributed by atoms with Gasteiger partial charge in [-0.05, 0) is 39.7 Å². The van der Waals surface area contributed by atoms with E-state index in [1.165, 1.54) is 0 Å². The Bertz CT molecular complexity index is 619. The fourth-order valence-corrected chi connectivity index (χ4v) is 3.80. The number of fused-ring (bicyclic) bond motifs is 2. The van der Waals surface area contributed by atoms with Crippen LogP contribution < -0.4 is 0 Å². The molecule has 2 aliphatic rings. The van der Waals surface area contributed by atoms with E-state index in [-0.39, 0.29) is 6.10 Å². The Kier molecular flexibility index (Phi) is 4.43. The molecule has 2 bridgehead atoms. The van der Waals surface area contributed by atoms with Crippen molar-refractivity contribution in [3.8, 4) is 11.8 Å². The average molecular weight is 313 g/mol. The van der Waals surface area contributed by atoms with Gasteiger partial charge < -0.3 is 14.7 Å². The number of aliphatic hydroxyl groups is 1. The minimum Gasteiger partial charge on any atom is -0.459 e. The number of nitrogens with zero attached hydrogens (tertiary/aromatic N) is 1. The molecule has 0 saturated carbocycles. The van der Waals surface area contributed by atoms with Crippen LogP contribution in [-0.2, 0) is 15.1 Å². The summed E-state index contributed by atoms with van der Waals surface area (Å²) >= 11 is 0. The van der Waals surface area contributed by atoms with Crippen LogP contribution in [0, 0.1) is 11.8 Å². The first kappa shape index (κ1) is 16.0. The van der Waals surface area contributed by atoms with Crippen molar-refractivity contribution in [3.05, 3.63) is 35.9 Å². The lowest BCUT2D eigenvalue weighted by Crippen LogP contribution is -2.46. The number of hydrogen-bond donors (Lipinski definition) is 1. The van der Waals surface area contributed by atoms with Crippen LogP contribution in [0.25, 0.3) is 0 Å². The first-order valence-corrected chi connectivity index (χ1v) is 8.19. The lowest BCUT2D eigenvalue weighted by Gasteiger charge is -2.36. The van der Waals surface area contributed by atoms with Crippen LogP contribution >= 0.6 is 0 Å². The molecule has 4 heteroatoms. The highest BCUT2D eigenvalue weighted by atomic mass is 16.6. The molecular weight excluding hydrogens is 290 g/mol. The van der Waals surface area contributed by atoms with Crippen molar-refractivity contribution in [2.75, 3.05) is 7.05 Å². The Morgan fingerprint density at radius 2 is 1.87 bits per heavy atom. The summed E-state index contributed by atoms with van der Waals surface area (Å²) in [6.45, 7) is 1.61. The van der Waals surface area contributed by atoms with Gasteiger partial charge in [-0.15, -0.1) is 5.92 Å². The van der Waals surface area contributed by atoms with E-state index in [2.05, 4.69) is 23.8 Å². The highest BCUT2D eigenvalue weighted by Gasteiger charge is 2.44. The minimum absolute atomic E-state index is 0.134. The zero-order chi connectivity index (χ0) is 16.4. The first-order valence-electron chi connectivity index (χ1n) is 8.19. The zero-order valence-corrected chi connectivity index (χ0v) is 13.7. The van der Waals surface area contributed by atoms with E-state index in [0.717, 1.165) is 25.7 Å². The van der Waals surface area contributed by atoms with E-state index in [1.54, 1.807) is 31.2 Å². The van der Waals surface area contributed by atoms with Crippen molar-refractivity contribution in [2.24, 2.45) is 0 Å². The Balaban J connectivity index is 1.76. The molecule has 0 spiro atoms. The molecule has 3 rings (SSSR count). The normalized spacial score (nSPS) is 29.3. The van der Waals surface area contributed by atoms with Gasteiger partial charge in [0.1, 0.15) is 6.10 Å². The monoisotopic (exact) mass is 313 g/mol. The maximum atomic E-state index is 12.7. The molecule has 0 aromatic heterocycles. The van der Waals surface area contributed by atoms with E-state index in [0.29, 0.717) is 17.6 Å². The smallest absolute Gasteiger partial charge is 0.356 e. The molecular formula is C19H23NO3. The second-order valence-electron chi connectivity index (χ2n) is 6.50. The lowest BCUT2D eigenvalue weighted by atomic mass is 9.94. The van der Waals surface area contributed by atoms with Crippen LogP contribution in [0.2, 0.25) is 0 Å². The van der Waals surface area contributed by atoms with Gasteiger partial charge in [-0.3, -0.25) is 0 Å². The molecule has 1 N–H and O–H groups in total. The Hall–Kier alpha value is -1.83. The summed E-state index contributed by atoms with van der Waals surface area (Å²) in [6.07, 6.45) is 3.86. The molecule has 23 heavy (non-hydrogen) atoms. The van der Waals surface area contributed by atoms with E-state index in [1.807, 2.05) is 6.07 Å². The predicted molar refractivity (Wildman–Crippen MR) is 87.5 cm³/mol. The Morgan fingerprint density at radius 1 is 1.26 bits per heavy atom. The van der Waals surface area contributed by atoms with Crippen molar-refractivity contribution >= 4 is 5.97 Å². The van der Waals surface area contributed by atoms with Gasteiger partial charge in [0.15, 0.2) is 0 Å². The largest absolute Gasteiger partial charge is 0.459 e. The van der Waals surface area contributed by atoms with Crippen molar-refractivity contribution in [1.82, 2.24) is 4.90 Å². The molecule has 0 amide bonds. The van der Waals surface area contributed by atoms with Crippen LogP contribution in [0.3, 0.4) is 0 Å². The minimum atomic E-state index is -1.89. The highest BCUT2D eigenvalue weighted by Crippen LogP contribution is 2.36. The number of rotatable bonds is 3. The Morgan fingerprint density at radius 3 is 2.43 bits per heavy atom. The Labute approximate surface area is 137 Å². The van der Waals surface area contributed by atoms with E-state index in [9.17, 15) is 9.90 Å². The van der Waals surface area contributed by atoms with Gasteiger partial charge in [-0.25, -0.2) is 4.79 Å². The van der Waals surface area contributed by atoms with Crippen molar-refractivity contribution < 1.29 is 14.6 Å². The maximum absolute atomic E-state index is 12.7. The number of piperidine rings is 1. The molecule has 0 aliphatic carbocycles. The predicted octanol–water partition coefficient (Wildman–Crippen LogP) is 2.07. The molecule has 2 aliphatic heterocycles. The third kappa shape index (κ3) is 2.99. The first-order chi connectivity index (χ1) is 11.0. The highest BCUT2D eigenvalue weighted by molar-refractivity contribution is 5.85. The SMILES string of the molecule is CC#CC(O)(C(=O)OC1CC2CCC(C1)N2C)c1ccccc1. The maximum Gasteiger partial charge on any atom is 0.356 e. The van der Waals surface area contributed by atoms with E-state index < -0.39 is 11.6 Å². The number of carbonyl (C=O) groups is 1. The second kappa shape index (κ2) is 6.35. The third-order valence-corrected chi connectivity index (χ3v) is 5.12. The third-order valence-electron chi connectivity index (χ3n) is 5.12. The molecule has 1 aromatic carbocycles. The van der Waals surface area contributed by atoms with Crippen molar-refractivity contribution in [1.29, 1.82) is 0 Å². The van der Waals surface area contributed by atoms with Crippen LogP contribution in [0.4, 0.5) is 0 Å². The van der Waals surface area contributed by atoms with Crippen LogP contribution in [-0.4, -0.2) is 41.2 Å². The standard InChI is InChI=1S/C19H23NO3/c1-3-11-19(22,14-7-5-4-6-8-14)18(21)23-17-12-15-9-10-16(13-17)20(15)2/h4-8,15-17,22H,9-10,12-13H2,1-2H3. The molecule has 122 valence electrons. The fraction of sp³-hybridized carbons (Fsp3) is 0.526. The van der Waals surface area contributed by atoms with Gasteiger partial charge in [-0.1, -0.05) is 36.3 Å². The summed E-state index contributed by atoms with van der Waals surface area (Å²) in [5.41, 5.74) is -1.44. The topological polar surface area (TPSA) is 49.8 Å². The number of benzene rings is 1. The summed E-state index contributed by atoms with van der Waals surface area (Å²) < 4.78 is 5.67. The van der Waals surface area contributed by atoms with Gasteiger partial charge in [0.25, 0.3) is 0 Å². The molecule has 3 unspecified atom stereocenters. The molecule has 2 saturated heterocycles. The molecule has 3 atom stereocenters. The number of ether oxygens (including phenoxy) is 1. The molecule has 4 nitrogen and oxygen atoms in total. The second-order valence-corrected chi connectivity index (χ2v) is 6.50. The zero-order valence-electron chi connectivity index (χ0n) is 13.7. The number of esters is 1. The average Bonchev–Trinajstić information content (AvgIpc) is 2.76. The summed E-state index contributed by atoms with van der Waals surface area (Å²) in [5, 5.41) is 10.8. The molecule has 1 aromatic rings. The van der Waals surface area contributed by atoms with Crippen LogP contribution in [0.1, 0.15) is 38.2 Å². The van der Waals surface area contributed by atoms with Gasteiger partial charge in [0.05, 0.1) is 0 Å². The fourth-order valence-electron chi connectivity index (χ4n) is 3.80. The van der Waals surface area contributed by atoms with Crippen LogP contribution in [0.15, 0.2) is 30.3 Å². The molecule has 2 heterocycles. The molecule has 2 fully saturated rings. The quantitative estimate of drug-likeness (QED) is 0.685. The summed E-state index contributed by atoms with van der Waals surface area (Å²) in [5.74, 6) is 4.62. The van der Waals surface area contributed by atoms with Gasteiger partial charge in [-0.2, -0.15) is 0 Å². The summed E-state index contributed by atoms with van der Waals surface area (Å²) in [7, 11) is 2.14. The number of hydrogen-bond acceptors (Lipinski definition) is 4.